The highest BCUT2D eigenvalue weighted by molar-refractivity contribution is 5.99. The number of nitrogens with zero attached hydrogens (tertiary/aromatic N) is 2. The van der Waals surface area contributed by atoms with Gasteiger partial charge in [0, 0.05) is 25.4 Å². The summed E-state index contributed by atoms with van der Waals surface area (Å²) in [5.41, 5.74) is 2.09. The number of imide groups is 1. The van der Waals surface area contributed by atoms with Gasteiger partial charge in [0.1, 0.15) is 0 Å². The Morgan fingerprint density at radius 3 is 2.55 bits per heavy atom. The average Bonchev–Trinajstić information content (AvgIpc) is 2.54. The van der Waals surface area contributed by atoms with E-state index in [4.69, 9.17) is 0 Å². The van der Waals surface area contributed by atoms with Gasteiger partial charge in [0.25, 0.3) is 0 Å². The topological polar surface area (TPSA) is 62.3 Å². The average molecular weight is 295 g/mol. The van der Waals surface area contributed by atoms with Crippen LogP contribution in [0.15, 0.2) is 54.9 Å². The van der Waals surface area contributed by atoms with Crippen molar-refractivity contribution in [2.45, 2.75) is 25.4 Å². The Morgan fingerprint density at radius 2 is 1.86 bits per heavy atom. The number of urea groups is 1. The third-order valence-electron chi connectivity index (χ3n) is 3.77. The molecule has 1 fully saturated rings. The number of hydrogen-bond acceptors (Lipinski definition) is 3. The van der Waals surface area contributed by atoms with Gasteiger partial charge in [-0.25, -0.2) is 4.79 Å². The van der Waals surface area contributed by atoms with Crippen LogP contribution in [0.1, 0.15) is 17.5 Å². The molecule has 1 N–H and O–H groups in total. The molecule has 0 radical (unpaired) electrons. The Labute approximate surface area is 129 Å². The number of β-lactam (4-membered cyclic amide) rings is 1. The molecule has 1 aliphatic rings. The van der Waals surface area contributed by atoms with Gasteiger partial charge in [-0.2, -0.15) is 0 Å². The lowest BCUT2D eigenvalue weighted by Crippen LogP contribution is -2.59. The van der Waals surface area contributed by atoms with Gasteiger partial charge >= 0.3 is 6.03 Å². The second-order valence-electron chi connectivity index (χ2n) is 5.33. The number of carbonyl (C=O) groups excluding carboxylic acids is 2. The molecule has 5 heteroatoms. The zero-order chi connectivity index (χ0) is 15.4. The third-order valence-corrected chi connectivity index (χ3v) is 3.77. The van der Waals surface area contributed by atoms with E-state index in [9.17, 15) is 9.59 Å². The van der Waals surface area contributed by atoms with Crippen LogP contribution in [-0.4, -0.2) is 27.9 Å². The molecule has 5 nitrogen and oxygen atoms in total. The van der Waals surface area contributed by atoms with Crippen molar-refractivity contribution in [2.75, 3.05) is 0 Å². The number of amides is 3. The van der Waals surface area contributed by atoms with Crippen molar-refractivity contribution in [3.63, 3.8) is 0 Å². The molecule has 0 saturated carbocycles. The van der Waals surface area contributed by atoms with E-state index in [0.717, 1.165) is 11.1 Å². The lowest BCUT2D eigenvalue weighted by Gasteiger charge is -2.38. The SMILES string of the molecule is O=C1C[C@@H](Cc2ccccc2)N1C(=O)NCc1ccncc1. The van der Waals surface area contributed by atoms with Crippen LogP contribution in [0.5, 0.6) is 0 Å². The maximum Gasteiger partial charge on any atom is 0.324 e. The molecule has 3 amide bonds. The number of pyridine rings is 1. The molecular formula is C17H17N3O2. The van der Waals surface area contributed by atoms with Crippen LogP contribution in [0.2, 0.25) is 0 Å². The molecule has 2 aromatic rings. The molecule has 112 valence electrons. The predicted molar refractivity (Wildman–Crippen MR) is 81.9 cm³/mol. The number of rotatable bonds is 4. The molecule has 1 aliphatic heterocycles. The number of nitrogens with one attached hydrogen (secondary N) is 1. The number of hydrogen-bond donors (Lipinski definition) is 1. The Kier molecular flexibility index (Phi) is 4.14. The van der Waals surface area contributed by atoms with E-state index < -0.39 is 0 Å². The Hall–Kier alpha value is -2.69. The minimum atomic E-state index is -0.325. The number of likely N-dealkylation sites (tertiary alicyclic amines) is 1. The second kappa shape index (κ2) is 6.39. The Morgan fingerprint density at radius 1 is 1.14 bits per heavy atom. The Balaban J connectivity index is 1.57. The van der Waals surface area contributed by atoms with Crippen molar-refractivity contribution in [1.29, 1.82) is 0 Å². The summed E-state index contributed by atoms with van der Waals surface area (Å²) in [6.07, 6.45) is 4.48. The van der Waals surface area contributed by atoms with Gasteiger partial charge < -0.3 is 5.32 Å². The van der Waals surface area contributed by atoms with E-state index in [-0.39, 0.29) is 18.0 Å². The molecule has 0 unspecified atom stereocenters. The van der Waals surface area contributed by atoms with Crippen molar-refractivity contribution < 1.29 is 9.59 Å². The van der Waals surface area contributed by atoms with Crippen LogP contribution in [-0.2, 0) is 17.8 Å². The number of aromatic nitrogens is 1. The Bertz CT molecular complexity index is 658. The summed E-state index contributed by atoms with van der Waals surface area (Å²) in [4.78, 5) is 29.2. The van der Waals surface area contributed by atoms with Gasteiger partial charge in [0.05, 0.1) is 6.04 Å². The van der Waals surface area contributed by atoms with Gasteiger partial charge in [0.15, 0.2) is 0 Å². The minimum absolute atomic E-state index is 0.0488. The zero-order valence-corrected chi connectivity index (χ0v) is 12.1. The lowest BCUT2D eigenvalue weighted by molar-refractivity contribution is -0.140. The van der Waals surface area contributed by atoms with E-state index in [1.54, 1.807) is 12.4 Å². The molecule has 0 aliphatic carbocycles. The summed E-state index contributed by atoms with van der Waals surface area (Å²) in [5, 5.41) is 2.79. The summed E-state index contributed by atoms with van der Waals surface area (Å²) < 4.78 is 0. The van der Waals surface area contributed by atoms with Crippen LogP contribution in [0, 0.1) is 0 Å². The fourth-order valence-corrected chi connectivity index (χ4v) is 2.57. The summed E-state index contributed by atoms with van der Waals surface area (Å²) in [6.45, 7) is 0.392. The van der Waals surface area contributed by atoms with E-state index in [2.05, 4.69) is 10.3 Å². The van der Waals surface area contributed by atoms with Crippen LogP contribution in [0.3, 0.4) is 0 Å². The second-order valence-corrected chi connectivity index (χ2v) is 5.33. The standard InChI is InChI=1S/C17H17N3O2/c21-16-11-15(10-13-4-2-1-3-5-13)20(16)17(22)19-12-14-6-8-18-9-7-14/h1-9,15H,10-12H2,(H,19,22)/t15-/m1/s1. The van der Waals surface area contributed by atoms with Gasteiger partial charge in [-0.3, -0.25) is 14.7 Å². The first-order valence-corrected chi connectivity index (χ1v) is 7.27. The highest BCUT2D eigenvalue weighted by Gasteiger charge is 2.40. The maximum absolute atomic E-state index is 12.2. The van der Waals surface area contributed by atoms with Crippen molar-refractivity contribution in [3.8, 4) is 0 Å². The smallest absolute Gasteiger partial charge is 0.324 e. The molecule has 0 bridgehead atoms. The number of carbonyl (C=O) groups is 2. The molecule has 3 rings (SSSR count). The molecule has 1 aromatic heterocycles. The maximum atomic E-state index is 12.2. The van der Waals surface area contributed by atoms with Crippen molar-refractivity contribution >= 4 is 11.9 Å². The molecular weight excluding hydrogens is 278 g/mol. The fourth-order valence-electron chi connectivity index (χ4n) is 2.57. The van der Waals surface area contributed by atoms with Gasteiger partial charge in [0.2, 0.25) is 5.91 Å². The summed E-state index contributed by atoms with van der Waals surface area (Å²) in [6, 6.07) is 13.2. The summed E-state index contributed by atoms with van der Waals surface area (Å²) in [5.74, 6) is -0.117. The van der Waals surface area contributed by atoms with Crippen molar-refractivity contribution in [3.05, 3.63) is 66.0 Å². The molecule has 22 heavy (non-hydrogen) atoms. The molecule has 1 saturated heterocycles. The normalized spacial score (nSPS) is 17.0. The first-order chi connectivity index (χ1) is 10.7. The molecule has 1 atom stereocenters. The zero-order valence-electron chi connectivity index (χ0n) is 12.1. The molecule has 1 aromatic carbocycles. The fraction of sp³-hybridized carbons (Fsp3) is 0.235. The quantitative estimate of drug-likeness (QED) is 0.879. The van der Waals surface area contributed by atoms with E-state index in [1.165, 1.54) is 4.90 Å². The first-order valence-electron chi connectivity index (χ1n) is 7.27. The van der Waals surface area contributed by atoms with Gasteiger partial charge in [-0.05, 0) is 29.7 Å². The van der Waals surface area contributed by atoms with E-state index in [1.807, 2.05) is 42.5 Å². The number of benzene rings is 1. The molecule has 0 spiro atoms. The summed E-state index contributed by atoms with van der Waals surface area (Å²) >= 11 is 0. The lowest BCUT2D eigenvalue weighted by atomic mass is 9.95. The van der Waals surface area contributed by atoms with Crippen LogP contribution >= 0.6 is 0 Å². The monoisotopic (exact) mass is 295 g/mol. The highest BCUT2D eigenvalue weighted by Crippen LogP contribution is 2.23. The molecule has 2 heterocycles. The summed E-state index contributed by atoms with van der Waals surface area (Å²) in [7, 11) is 0. The largest absolute Gasteiger partial charge is 0.334 e. The van der Waals surface area contributed by atoms with Gasteiger partial charge in [-0.1, -0.05) is 30.3 Å². The van der Waals surface area contributed by atoms with E-state index >= 15 is 0 Å². The minimum Gasteiger partial charge on any atom is -0.334 e. The first kappa shape index (κ1) is 14.3. The van der Waals surface area contributed by atoms with Crippen LogP contribution in [0.25, 0.3) is 0 Å². The highest BCUT2D eigenvalue weighted by atomic mass is 16.2. The third kappa shape index (κ3) is 3.14. The van der Waals surface area contributed by atoms with Gasteiger partial charge in [-0.15, -0.1) is 0 Å². The van der Waals surface area contributed by atoms with Crippen LogP contribution in [0.4, 0.5) is 4.79 Å². The van der Waals surface area contributed by atoms with E-state index in [0.29, 0.717) is 19.4 Å². The predicted octanol–water partition coefficient (Wildman–Crippen LogP) is 2.13. The van der Waals surface area contributed by atoms with Crippen molar-refractivity contribution in [1.82, 2.24) is 15.2 Å². The van der Waals surface area contributed by atoms with Crippen molar-refractivity contribution in [2.24, 2.45) is 0 Å². The van der Waals surface area contributed by atoms with Crippen LogP contribution < -0.4 is 5.32 Å².